The number of rotatable bonds is 6. The minimum absolute atomic E-state index is 0.0535. The summed E-state index contributed by atoms with van der Waals surface area (Å²) < 4.78 is 22.6. The Morgan fingerprint density at radius 3 is 2.57 bits per heavy atom. The number of urea groups is 1. The Morgan fingerprint density at radius 2 is 2.05 bits per heavy atom. The van der Waals surface area contributed by atoms with Crippen molar-refractivity contribution in [3.05, 3.63) is 0 Å². The van der Waals surface area contributed by atoms with Crippen LogP contribution >= 0.6 is 0 Å². The lowest BCUT2D eigenvalue weighted by molar-refractivity contribution is -0.121. The van der Waals surface area contributed by atoms with Crippen LogP contribution < -0.4 is 10.6 Å². The van der Waals surface area contributed by atoms with E-state index in [9.17, 15) is 18.0 Å². The van der Waals surface area contributed by atoms with E-state index < -0.39 is 21.9 Å². The van der Waals surface area contributed by atoms with Crippen LogP contribution in [-0.2, 0) is 14.6 Å². The van der Waals surface area contributed by atoms with E-state index >= 15 is 0 Å². The number of imide groups is 1. The molecule has 3 amide bonds. The van der Waals surface area contributed by atoms with Gasteiger partial charge in [-0.2, -0.15) is 0 Å². The topological polar surface area (TPSA) is 95.6 Å². The molecule has 1 saturated heterocycles. The summed E-state index contributed by atoms with van der Waals surface area (Å²) in [5, 5.41) is 4.76. The fraction of sp³-hybridized carbons (Fsp3) is 0.846. The van der Waals surface area contributed by atoms with E-state index in [1.807, 2.05) is 18.9 Å². The highest BCUT2D eigenvalue weighted by atomic mass is 32.2. The second-order valence-electron chi connectivity index (χ2n) is 5.67. The number of hydrogen-bond acceptors (Lipinski definition) is 5. The lowest BCUT2D eigenvalue weighted by Gasteiger charge is -2.23. The molecule has 2 N–H and O–H groups in total. The molecular formula is C13H25N3O4S. The third kappa shape index (κ3) is 6.43. The molecule has 1 aliphatic rings. The molecule has 2 atom stereocenters. The second kappa shape index (κ2) is 7.74. The molecule has 0 spiro atoms. The van der Waals surface area contributed by atoms with Crippen LogP contribution in [0, 0.1) is 0 Å². The van der Waals surface area contributed by atoms with Crippen LogP contribution in [0.25, 0.3) is 0 Å². The number of likely N-dealkylation sites (N-methyl/N-ethyl adjacent to an activating group) is 1. The van der Waals surface area contributed by atoms with Crippen LogP contribution in [0.5, 0.6) is 0 Å². The number of nitrogens with zero attached hydrogens (tertiary/aromatic N) is 1. The average molecular weight is 319 g/mol. The highest BCUT2D eigenvalue weighted by Crippen LogP contribution is 2.10. The van der Waals surface area contributed by atoms with Crippen molar-refractivity contribution in [1.29, 1.82) is 0 Å². The van der Waals surface area contributed by atoms with Gasteiger partial charge in [0.1, 0.15) is 0 Å². The van der Waals surface area contributed by atoms with E-state index in [-0.39, 0.29) is 30.0 Å². The number of amides is 3. The van der Waals surface area contributed by atoms with Crippen LogP contribution in [0.1, 0.15) is 33.1 Å². The molecule has 1 rings (SSSR count). The second-order valence-corrected chi connectivity index (χ2v) is 7.90. The van der Waals surface area contributed by atoms with Gasteiger partial charge in [-0.1, -0.05) is 13.3 Å². The van der Waals surface area contributed by atoms with Gasteiger partial charge in [-0.25, -0.2) is 13.2 Å². The summed E-state index contributed by atoms with van der Waals surface area (Å²) in [4.78, 5) is 25.3. The molecule has 0 aromatic carbocycles. The quantitative estimate of drug-likeness (QED) is 0.725. The van der Waals surface area contributed by atoms with Gasteiger partial charge in [0.2, 0.25) is 5.91 Å². The van der Waals surface area contributed by atoms with E-state index in [2.05, 4.69) is 17.6 Å². The Balaban J connectivity index is 2.32. The predicted octanol–water partition coefficient (Wildman–Crippen LogP) is 0.120. The van der Waals surface area contributed by atoms with E-state index in [1.165, 1.54) is 0 Å². The van der Waals surface area contributed by atoms with Crippen molar-refractivity contribution in [3.63, 3.8) is 0 Å². The zero-order chi connectivity index (χ0) is 16.0. The van der Waals surface area contributed by atoms with Crippen LogP contribution in [0.3, 0.4) is 0 Å². The zero-order valence-corrected chi connectivity index (χ0v) is 13.7. The molecule has 1 aliphatic heterocycles. The van der Waals surface area contributed by atoms with E-state index in [0.29, 0.717) is 6.42 Å². The predicted molar refractivity (Wildman–Crippen MR) is 80.7 cm³/mol. The van der Waals surface area contributed by atoms with Crippen molar-refractivity contribution < 1.29 is 18.0 Å². The third-order valence-corrected chi connectivity index (χ3v) is 5.44. The van der Waals surface area contributed by atoms with Gasteiger partial charge < -0.3 is 5.32 Å². The summed E-state index contributed by atoms with van der Waals surface area (Å²) in [6.07, 6.45) is 2.41. The van der Waals surface area contributed by atoms with Gasteiger partial charge in [0.15, 0.2) is 9.84 Å². The lowest BCUT2D eigenvalue weighted by Crippen LogP contribution is -2.48. The van der Waals surface area contributed by atoms with Gasteiger partial charge in [0, 0.05) is 12.1 Å². The molecule has 1 heterocycles. The van der Waals surface area contributed by atoms with Crippen molar-refractivity contribution in [2.75, 3.05) is 25.1 Å². The molecule has 7 nitrogen and oxygen atoms in total. The number of nitrogens with one attached hydrogen (secondary N) is 2. The summed E-state index contributed by atoms with van der Waals surface area (Å²) in [7, 11) is -1.21. The van der Waals surface area contributed by atoms with Gasteiger partial charge in [-0.3, -0.25) is 15.0 Å². The Morgan fingerprint density at radius 1 is 1.38 bits per heavy atom. The van der Waals surface area contributed by atoms with Crippen LogP contribution in [0.15, 0.2) is 0 Å². The van der Waals surface area contributed by atoms with E-state index in [1.54, 1.807) is 0 Å². The summed E-state index contributed by atoms with van der Waals surface area (Å²) in [6, 6.07) is -0.762. The van der Waals surface area contributed by atoms with Gasteiger partial charge >= 0.3 is 6.03 Å². The standard InChI is InChI=1S/C13H25N3O4S/c1-4-5-10(2)16(3)8-12(17)15-13(18)14-11-6-7-21(19,20)9-11/h10-11H,4-9H2,1-3H3,(H2,14,15,17,18). The molecule has 0 aromatic heterocycles. The maximum Gasteiger partial charge on any atom is 0.321 e. The number of carbonyl (C=O) groups is 2. The molecule has 0 radical (unpaired) electrons. The molecular weight excluding hydrogens is 294 g/mol. The van der Waals surface area contributed by atoms with E-state index in [0.717, 1.165) is 12.8 Å². The molecule has 0 saturated carbocycles. The van der Waals surface area contributed by atoms with Crippen LogP contribution in [-0.4, -0.2) is 62.4 Å². The van der Waals surface area contributed by atoms with Crippen molar-refractivity contribution in [3.8, 4) is 0 Å². The first-order valence-corrected chi connectivity index (χ1v) is 9.06. The third-order valence-electron chi connectivity index (χ3n) is 3.67. The maximum absolute atomic E-state index is 11.7. The molecule has 2 unspecified atom stereocenters. The summed E-state index contributed by atoms with van der Waals surface area (Å²) in [5.41, 5.74) is 0. The van der Waals surface area contributed by atoms with E-state index in [4.69, 9.17) is 0 Å². The fourth-order valence-electron chi connectivity index (χ4n) is 2.32. The largest absolute Gasteiger partial charge is 0.334 e. The monoisotopic (exact) mass is 319 g/mol. The first kappa shape index (κ1) is 17.9. The smallest absolute Gasteiger partial charge is 0.321 e. The summed E-state index contributed by atoms with van der Waals surface area (Å²) in [6.45, 7) is 4.24. The van der Waals surface area contributed by atoms with Crippen molar-refractivity contribution in [1.82, 2.24) is 15.5 Å². The van der Waals surface area contributed by atoms with Gasteiger partial charge in [0.05, 0.1) is 18.1 Å². The van der Waals surface area contributed by atoms with Crippen molar-refractivity contribution >= 4 is 21.8 Å². The van der Waals surface area contributed by atoms with Gasteiger partial charge in [-0.15, -0.1) is 0 Å². The Labute approximate surface area is 126 Å². The summed E-state index contributed by atoms with van der Waals surface area (Å²) >= 11 is 0. The first-order valence-electron chi connectivity index (χ1n) is 7.24. The number of carbonyl (C=O) groups excluding carboxylic acids is 2. The average Bonchev–Trinajstić information content (AvgIpc) is 2.68. The summed E-state index contributed by atoms with van der Waals surface area (Å²) in [5.74, 6) is -0.357. The molecule has 0 bridgehead atoms. The maximum atomic E-state index is 11.7. The molecule has 0 aliphatic carbocycles. The minimum atomic E-state index is -3.04. The Hall–Kier alpha value is -1.15. The van der Waals surface area contributed by atoms with Gasteiger partial charge in [0.25, 0.3) is 0 Å². The lowest BCUT2D eigenvalue weighted by atomic mass is 10.2. The van der Waals surface area contributed by atoms with Crippen molar-refractivity contribution in [2.24, 2.45) is 0 Å². The highest BCUT2D eigenvalue weighted by Gasteiger charge is 2.29. The van der Waals surface area contributed by atoms with Crippen LogP contribution in [0.4, 0.5) is 4.79 Å². The molecule has 122 valence electrons. The van der Waals surface area contributed by atoms with Crippen LogP contribution in [0.2, 0.25) is 0 Å². The highest BCUT2D eigenvalue weighted by molar-refractivity contribution is 7.91. The zero-order valence-electron chi connectivity index (χ0n) is 12.9. The number of hydrogen-bond donors (Lipinski definition) is 2. The first-order chi connectivity index (χ1) is 9.73. The molecule has 1 fully saturated rings. The minimum Gasteiger partial charge on any atom is -0.334 e. The SMILES string of the molecule is CCCC(C)N(C)CC(=O)NC(=O)NC1CCS(=O)(=O)C1. The molecule has 21 heavy (non-hydrogen) atoms. The Bertz CT molecular complexity index is 478. The fourth-order valence-corrected chi connectivity index (χ4v) is 3.99. The molecule has 0 aromatic rings. The molecule has 8 heteroatoms. The van der Waals surface area contributed by atoms with Crippen molar-refractivity contribution in [2.45, 2.75) is 45.2 Å². The Kier molecular flexibility index (Phi) is 6.60. The normalized spacial score (nSPS) is 22.0. The number of sulfone groups is 1. The van der Waals surface area contributed by atoms with Gasteiger partial charge in [-0.05, 0) is 26.8 Å².